The Hall–Kier alpha value is -1.16. The molecule has 1 spiro atoms. The molecule has 3 aliphatic rings. The molecule has 1 N–H and O–H groups in total. The van der Waals surface area contributed by atoms with Gasteiger partial charge in [0, 0.05) is 44.7 Å². The predicted molar refractivity (Wildman–Crippen MR) is 104 cm³/mol. The first-order valence-electron chi connectivity index (χ1n) is 10.3. The Morgan fingerprint density at radius 3 is 2.52 bits per heavy atom. The molecule has 1 saturated carbocycles. The minimum Gasteiger partial charge on any atom is -0.381 e. The van der Waals surface area contributed by atoms with Crippen molar-refractivity contribution in [3.8, 4) is 0 Å². The van der Waals surface area contributed by atoms with Crippen LogP contribution in [0.2, 0.25) is 0 Å². The maximum Gasteiger partial charge on any atom is 0.286 e. The van der Waals surface area contributed by atoms with E-state index in [0.29, 0.717) is 25.0 Å². The highest BCUT2D eigenvalue weighted by Gasteiger charge is 2.55. The number of nitrogens with zero attached hydrogens (tertiary/aromatic N) is 2. The fourth-order valence-electron chi connectivity index (χ4n) is 4.75. The lowest BCUT2D eigenvalue weighted by Crippen LogP contribution is -2.67. The average molecular weight is 430 g/mol. The first kappa shape index (κ1) is 21.1. The zero-order chi connectivity index (χ0) is 20.9. The van der Waals surface area contributed by atoms with Gasteiger partial charge in [0.15, 0.2) is 0 Å². The minimum atomic E-state index is -3.70. The molecule has 9 heteroatoms. The van der Waals surface area contributed by atoms with Crippen molar-refractivity contribution < 1.29 is 21.9 Å². The van der Waals surface area contributed by atoms with Crippen molar-refractivity contribution in [1.29, 1.82) is 0 Å². The van der Waals surface area contributed by atoms with E-state index in [-0.39, 0.29) is 16.0 Å². The molecule has 1 aliphatic carbocycles. The molecule has 29 heavy (non-hydrogen) atoms. The number of pyridine rings is 1. The van der Waals surface area contributed by atoms with E-state index in [0.717, 1.165) is 58.4 Å². The molecule has 162 valence electrons. The van der Waals surface area contributed by atoms with E-state index in [4.69, 9.17) is 4.74 Å². The largest absolute Gasteiger partial charge is 0.381 e. The lowest BCUT2D eigenvalue weighted by Gasteiger charge is -2.58. The summed E-state index contributed by atoms with van der Waals surface area (Å²) >= 11 is 0. The van der Waals surface area contributed by atoms with Crippen LogP contribution in [-0.4, -0.2) is 56.6 Å². The van der Waals surface area contributed by atoms with E-state index in [2.05, 4.69) is 10.3 Å². The van der Waals surface area contributed by atoms with E-state index < -0.39 is 21.6 Å². The molecule has 0 radical (unpaired) electrons. The summed E-state index contributed by atoms with van der Waals surface area (Å²) in [7, 11) is -3.70. The molecule has 3 fully saturated rings. The second kappa shape index (κ2) is 7.51. The zero-order valence-electron chi connectivity index (χ0n) is 17.0. The van der Waals surface area contributed by atoms with Crippen LogP contribution in [0, 0.1) is 18.3 Å². The number of hydrogen-bond acceptors (Lipinski definition) is 5. The van der Waals surface area contributed by atoms with Gasteiger partial charge in [-0.2, -0.15) is 13.1 Å². The Balaban J connectivity index is 1.30. The maximum absolute atomic E-state index is 13.4. The van der Waals surface area contributed by atoms with Crippen molar-refractivity contribution in [3.63, 3.8) is 0 Å². The summed E-state index contributed by atoms with van der Waals surface area (Å²) in [5.74, 6) is -2.42. The molecule has 4 rings (SSSR count). The van der Waals surface area contributed by atoms with Crippen molar-refractivity contribution in [2.75, 3.05) is 32.8 Å². The normalized spacial score (nSPS) is 23.7. The third kappa shape index (κ3) is 4.19. The van der Waals surface area contributed by atoms with Crippen LogP contribution in [0.4, 0.5) is 8.78 Å². The van der Waals surface area contributed by atoms with E-state index in [1.165, 1.54) is 17.3 Å². The molecule has 6 nitrogen and oxygen atoms in total. The van der Waals surface area contributed by atoms with Gasteiger partial charge >= 0.3 is 0 Å². The summed E-state index contributed by atoms with van der Waals surface area (Å²) in [6, 6.07) is 2.82. The van der Waals surface area contributed by atoms with Crippen LogP contribution in [0.1, 0.15) is 44.0 Å². The third-order valence-corrected chi connectivity index (χ3v) is 8.45. The Morgan fingerprint density at radius 1 is 1.28 bits per heavy atom. The van der Waals surface area contributed by atoms with Gasteiger partial charge in [-0.1, -0.05) is 0 Å². The summed E-state index contributed by atoms with van der Waals surface area (Å²) in [6.45, 7) is 5.91. The van der Waals surface area contributed by atoms with Gasteiger partial charge in [-0.05, 0) is 57.2 Å². The quantitative estimate of drug-likeness (QED) is 0.753. The van der Waals surface area contributed by atoms with Crippen LogP contribution in [-0.2, 0) is 20.7 Å². The molecule has 0 atom stereocenters. The van der Waals surface area contributed by atoms with E-state index in [9.17, 15) is 17.2 Å². The molecule has 0 amide bonds. The number of hydrogen-bond donors (Lipinski definition) is 1. The van der Waals surface area contributed by atoms with Crippen LogP contribution >= 0.6 is 0 Å². The van der Waals surface area contributed by atoms with Gasteiger partial charge in [-0.25, -0.2) is 8.42 Å². The van der Waals surface area contributed by atoms with Crippen molar-refractivity contribution in [2.24, 2.45) is 11.3 Å². The molecule has 0 unspecified atom stereocenters. The lowest BCUT2D eigenvalue weighted by molar-refractivity contribution is -0.0360. The maximum atomic E-state index is 13.4. The molecule has 1 aromatic rings. The molecule has 0 bridgehead atoms. The van der Waals surface area contributed by atoms with Crippen LogP contribution in [0.25, 0.3) is 0 Å². The van der Waals surface area contributed by atoms with Gasteiger partial charge in [0.1, 0.15) is 10.6 Å². The summed E-state index contributed by atoms with van der Waals surface area (Å²) in [5.41, 5.74) is -0.223. The summed E-state index contributed by atoms with van der Waals surface area (Å²) < 4.78 is 59.5. The molecule has 3 heterocycles. The molecule has 0 aromatic carbocycles. The van der Waals surface area contributed by atoms with Crippen molar-refractivity contribution in [1.82, 2.24) is 14.6 Å². The highest BCUT2D eigenvalue weighted by molar-refractivity contribution is 7.89. The first-order chi connectivity index (χ1) is 13.6. The zero-order valence-corrected chi connectivity index (χ0v) is 17.8. The van der Waals surface area contributed by atoms with E-state index in [1.807, 2.05) is 0 Å². The predicted octanol–water partition coefficient (Wildman–Crippen LogP) is 2.67. The monoisotopic (exact) mass is 429 g/mol. The number of ether oxygens (including phenoxy) is 1. The number of halogens is 2. The fraction of sp³-hybridized carbons (Fsp3) is 0.750. The van der Waals surface area contributed by atoms with Crippen molar-refractivity contribution >= 4 is 10.0 Å². The van der Waals surface area contributed by atoms with Gasteiger partial charge in [0.25, 0.3) is 5.92 Å². The second-order valence-corrected chi connectivity index (χ2v) is 10.9. The number of alkyl halides is 2. The molecule has 1 aromatic heterocycles. The first-order valence-corrected chi connectivity index (χ1v) is 11.7. The SMILES string of the molecule is Cc1nc(C(C)(F)F)ccc1S(=O)(=O)N1CC2(CC(NCC3CCOCC3)C2)C1. The summed E-state index contributed by atoms with van der Waals surface area (Å²) in [5, 5.41) is 3.62. The molecular formula is C20H29F2N3O3S. The Kier molecular flexibility index (Phi) is 5.46. The summed E-state index contributed by atoms with van der Waals surface area (Å²) in [6.07, 6.45) is 4.18. The Labute approximate surface area is 171 Å². The number of rotatable bonds is 6. The number of nitrogens with one attached hydrogen (secondary N) is 1. The molecular weight excluding hydrogens is 400 g/mol. The number of aromatic nitrogens is 1. The van der Waals surface area contributed by atoms with Gasteiger partial charge in [-0.15, -0.1) is 0 Å². The molecule has 2 saturated heterocycles. The number of aryl methyl sites for hydroxylation is 1. The van der Waals surface area contributed by atoms with Crippen LogP contribution < -0.4 is 5.32 Å². The van der Waals surface area contributed by atoms with Gasteiger partial charge in [0.2, 0.25) is 10.0 Å². The second-order valence-electron chi connectivity index (χ2n) is 9.01. The highest BCUT2D eigenvalue weighted by Crippen LogP contribution is 2.50. The highest BCUT2D eigenvalue weighted by atomic mass is 32.2. The molecule has 2 aliphatic heterocycles. The third-order valence-electron chi connectivity index (χ3n) is 6.52. The van der Waals surface area contributed by atoms with Gasteiger partial charge < -0.3 is 10.1 Å². The van der Waals surface area contributed by atoms with Gasteiger partial charge in [0.05, 0.1) is 5.69 Å². The Bertz CT molecular complexity index is 852. The number of sulfonamides is 1. The Morgan fingerprint density at radius 2 is 1.93 bits per heavy atom. The lowest BCUT2D eigenvalue weighted by atomic mass is 9.61. The van der Waals surface area contributed by atoms with Crippen LogP contribution in [0.15, 0.2) is 17.0 Å². The van der Waals surface area contributed by atoms with Crippen LogP contribution in [0.3, 0.4) is 0 Å². The standard InChI is InChI=1S/C20H29F2N3O3S/c1-14-17(3-4-18(24-14)19(2,21)22)29(26,27)25-12-20(13-25)9-16(10-20)23-11-15-5-7-28-8-6-15/h3-4,15-16,23H,5-13H2,1-2H3. The smallest absolute Gasteiger partial charge is 0.286 e. The van der Waals surface area contributed by atoms with Gasteiger partial charge in [-0.3, -0.25) is 4.98 Å². The fourth-order valence-corrected chi connectivity index (χ4v) is 6.57. The summed E-state index contributed by atoms with van der Waals surface area (Å²) in [4.78, 5) is 3.85. The van der Waals surface area contributed by atoms with Crippen molar-refractivity contribution in [2.45, 2.75) is 56.4 Å². The topological polar surface area (TPSA) is 71.5 Å². The van der Waals surface area contributed by atoms with Crippen LogP contribution in [0.5, 0.6) is 0 Å². The van der Waals surface area contributed by atoms with Crippen molar-refractivity contribution in [3.05, 3.63) is 23.5 Å². The average Bonchev–Trinajstić information content (AvgIpc) is 2.58. The minimum absolute atomic E-state index is 0.0221. The van der Waals surface area contributed by atoms with E-state index in [1.54, 1.807) is 0 Å². The van der Waals surface area contributed by atoms with E-state index >= 15 is 0 Å².